The third-order valence-corrected chi connectivity index (χ3v) is 11.7. The summed E-state index contributed by atoms with van der Waals surface area (Å²) in [6, 6.07) is 67.8. The molecule has 12 rings (SSSR count). The van der Waals surface area contributed by atoms with Gasteiger partial charge in [-0.3, -0.25) is 9.56 Å². The second kappa shape index (κ2) is 12.0. The average molecular weight is 715 g/mol. The van der Waals surface area contributed by atoms with Gasteiger partial charge in [0, 0.05) is 49.5 Å². The average Bonchev–Trinajstić information content (AvgIpc) is 3.81. The van der Waals surface area contributed by atoms with Gasteiger partial charge in [-0.2, -0.15) is 0 Å². The van der Waals surface area contributed by atoms with Gasteiger partial charge < -0.3 is 9.88 Å². The zero-order valence-electron chi connectivity index (χ0n) is 30.4. The van der Waals surface area contributed by atoms with Crippen molar-refractivity contribution in [3.05, 3.63) is 205 Å². The number of aliphatic imine (C=N–C) groups is 1. The number of nitrogens with one attached hydrogen (secondary N) is 1. The van der Waals surface area contributed by atoms with Crippen molar-refractivity contribution >= 4 is 87.5 Å². The van der Waals surface area contributed by atoms with Crippen molar-refractivity contribution in [3.8, 4) is 5.69 Å². The number of benzene rings is 9. The van der Waals surface area contributed by atoms with Gasteiger partial charge in [-0.05, 0) is 51.6 Å². The van der Waals surface area contributed by atoms with Crippen molar-refractivity contribution in [2.24, 2.45) is 4.99 Å². The molecule has 3 heterocycles. The van der Waals surface area contributed by atoms with Crippen LogP contribution in [-0.4, -0.2) is 14.8 Å². The van der Waals surface area contributed by atoms with Crippen LogP contribution in [0.2, 0.25) is 0 Å². The maximum atomic E-state index is 5.30. The predicted octanol–water partition coefficient (Wildman–Crippen LogP) is 12.9. The van der Waals surface area contributed by atoms with E-state index in [4.69, 9.17) is 4.99 Å². The van der Waals surface area contributed by atoms with Gasteiger partial charge in [-0.25, -0.2) is 0 Å². The summed E-state index contributed by atoms with van der Waals surface area (Å²) < 4.78 is 4.96. The molecule has 0 bridgehead atoms. The largest absolute Gasteiger partial charge is 0.346 e. The maximum absolute atomic E-state index is 5.30. The van der Waals surface area contributed by atoms with Crippen LogP contribution in [0.4, 0.5) is 0 Å². The molecule has 0 saturated carbocycles. The van der Waals surface area contributed by atoms with Crippen LogP contribution in [-0.2, 0) is 0 Å². The fourth-order valence-electron chi connectivity index (χ4n) is 9.40. The summed E-state index contributed by atoms with van der Waals surface area (Å²) in [7, 11) is 0. The van der Waals surface area contributed by atoms with E-state index in [-0.39, 0.29) is 6.17 Å². The molecular formula is C52H34N4. The van der Waals surface area contributed by atoms with Crippen molar-refractivity contribution in [3.63, 3.8) is 0 Å². The van der Waals surface area contributed by atoms with E-state index in [1.54, 1.807) is 0 Å². The number of para-hydroxylation sites is 3. The summed E-state index contributed by atoms with van der Waals surface area (Å²) in [5.74, 6) is 0.993. The molecule has 0 saturated heterocycles. The van der Waals surface area contributed by atoms with Gasteiger partial charge in [-0.15, -0.1) is 0 Å². The highest BCUT2D eigenvalue weighted by Crippen LogP contribution is 2.50. The molecule has 2 aromatic heterocycles. The number of hydrogen-bond donors (Lipinski definition) is 1. The Bertz CT molecular complexity index is 3430. The van der Waals surface area contributed by atoms with Crippen LogP contribution >= 0.6 is 0 Å². The molecule has 1 N–H and O–H groups in total. The summed E-state index contributed by atoms with van der Waals surface area (Å²) in [5.41, 5.74) is 9.07. The Labute approximate surface area is 322 Å². The van der Waals surface area contributed by atoms with Crippen LogP contribution < -0.4 is 5.32 Å². The highest BCUT2D eigenvalue weighted by Gasteiger charge is 2.28. The molecule has 56 heavy (non-hydrogen) atoms. The third kappa shape index (κ3) is 4.38. The first-order valence-corrected chi connectivity index (χ1v) is 19.3. The summed E-state index contributed by atoms with van der Waals surface area (Å²) >= 11 is 0. The van der Waals surface area contributed by atoms with Crippen molar-refractivity contribution < 1.29 is 0 Å². The van der Waals surface area contributed by atoms with Crippen molar-refractivity contribution in [2.45, 2.75) is 6.17 Å². The van der Waals surface area contributed by atoms with Crippen LogP contribution in [0.5, 0.6) is 0 Å². The summed E-state index contributed by atoms with van der Waals surface area (Å²) in [6.45, 7) is 0. The quantitative estimate of drug-likeness (QED) is 0.181. The molecular weight excluding hydrogens is 681 g/mol. The van der Waals surface area contributed by atoms with Crippen molar-refractivity contribution in [1.82, 2.24) is 14.5 Å². The van der Waals surface area contributed by atoms with Crippen molar-refractivity contribution in [2.75, 3.05) is 0 Å². The Morgan fingerprint density at radius 3 is 1.55 bits per heavy atom. The van der Waals surface area contributed by atoms with Crippen LogP contribution in [0.15, 0.2) is 199 Å². The fourth-order valence-corrected chi connectivity index (χ4v) is 9.40. The minimum atomic E-state index is -0.267. The first kappa shape index (κ1) is 31.0. The summed E-state index contributed by atoms with van der Waals surface area (Å²) in [4.78, 5) is 5.30. The third-order valence-electron chi connectivity index (χ3n) is 11.7. The topological polar surface area (TPSA) is 34.2 Å². The highest BCUT2D eigenvalue weighted by atomic mass is 15.2. The Morgan fingerprint density at radius 1 is 0.393 bits per heavy atom. The molecule has 1 unspecified atom stereocenters. The van der Waals surface area contributed by atoms with Gasteiger partial charge >= 0.3 is 0 Å². The van der Waals surface area contributed by atoms with E-state index < -0.39 is 0 Å². The van der Waals surface area contributed by atoms with Gasteiger partial charge in [0.25, 0.3) is 0 Å². The number of fused-ring (bicyclic) bond motifs is 15. The molecule has 4 heteroatoms. The molecule has 0 radical (unpaired) electrons. The smallest absolute Gasteiger partial charge is 0.146 e. The summed E-state index contributed by atoms with van der Waals surface area (Å²) in [5, 5.41) is 16.4. The Hall–Kier alpha value is -7.43. The van der Waals surface area contributed by atoms with Gasteiger partial charge in [0.15, 0.2) is 0 Å². The number of nitrogens with zero attached hydrogens (tertiary/aromatic N) is 3. The summed E-state index contributed by atoms with van der Waals surface area (Å²) in [6.07, 6.45) is 1.96. The SMILES string of the molecule is C1=C(n2c3ccccc3c3c4c5ccccc5c5c6ccccc6n(-c6ccccc6)c5c4c4ccccc4c32)NC(c2ccccc2)N=C1c1ccccc1. The van der Waals surface area contributed by atoms with Crippen molar-refractivity contribution in [1.29, 1.82) is 0 Å². The minimum Gasteiger partial charge on any atom is -0.346 e. The molecule has 0 fully saturated rings. The molecule has 4 nitrogen and oxygen atoms in total. The van der Waals surface area contributed by atoms with E-state index in [2.05, 4.69) is 209 Å². The number of hydrogen-bond acceptors (Lipinski definition) is 2. The lowest BCUT2D eigenvalue weighted by Gasteiger charge is -2.26. The molecule has 262 valence electrons. The lowest BCUT2D eigenvalue weighted by Crippen LogP contribution is -2.27. The Kier molecular flexibility index (Phi) is 6.66. The molecule has 1 atom stereocenters. The van der Waals surface area contributed by atoms with E-state index in [1.807, 2.05) is 0 Å². The van der Waals surface area contributed by atoms with Crippen LogP contribution in [0.1, 0.15) is 17.3 Å². The Balaban J connectivity index is 1.30. The van der Waals surface area contributed by atoms with E-state index in [1.165, 1.54) is 70.4 Å². The first-order chi connectivity index (χ1) is 27.8. The fraction of sp³-hybridized carbons (Fsp3) is 0.0192. The molecule has 0 aliphatic carbocycles. The lowest BCUT2D eigenvalue weighted by atomic mass is 9.90. The van der Waals surface area contributed by atoms with Gasteiger partial charge in [0.1, 0.15) is 12.0 Å². The van der Waals surface area contributed by atoms with Gasteiger partial charge in [0.05, 0.1) is 27.8 Å². The molecule has 11 aromatic rings. The van der Waals surface area contributed by atoms with Crippen LogP contribution in [0, 0.1) is 0 Å². The first-order valence-electron chi connectivity index (χ1n) is 19.3. The van der Waals surface area contributed by atoms with E-state index in [9.17, 15) is 0 Å². The predicted molar refractivity (Wildman–Crippen MR) is 236 cm³/mol. The number of rotatable bonds is 4. The maximum Gasteiger partial charge on any atom is 0.146 e. The van der Waals surface area contributed by atoms with E-state index >= 15 is 0 Å². The second-order valence-electron chi connectivity index (χ2n) is 14.7. The van der Waals surface area contributed by atoms with E-state index in [0.29, 0.717) is 0 Å². The molecule has 0 spiro atoms. The zero-order chi connectivity index (χ0) is 36.7. The monoisotopic (exact) mass is 714 g/mol. The lowest BCUT2D eigenvalue weighted by molar-refractivity contribution is 0.646. The highest BCUT2D eigenvalue weighted by molar-refractivity contribution is 6.44. The van der Waals surface area contributed by atoms with E-state index in [0.717, 1.165) is 33.9 Å². The molecule has 1 aliphatic rings. The minimum absolute atomic E-state index is 0.267. The van der Waals surface area contributed by atoms with Gasteiger partial charge in [0.2, 0.25) is 0 Å². The number of allylic oxidation sites excluding steroid dienone is 1. The van der Waals surface area contributed by atoms with Crippen LogP contribution in [0.3, 0.4) is 0 Å². The normalized spacial score (nSPS) is 14.6. The Morgan fingerprint density at radius 2 is 0.875 bits per heavy atom. The molecule has 0 amide bonds. The second-order valence-corrected chi connectivity index (χ2v) is 14.7. The molecule has 1 aliphatic heterocycles. The van der Waals surface area contributed by atoms with Crippen LogP contribution in [0.25, 0.3) is 87.4 Å². The van der Waals surface area contributed by atoms with Gasteiger partial charge in [-0.1, -0.05) is 164 Å². The molecule has 9 aromatic carbocycles. The standard InChI is InChI=1S/C52H34N4/c1-4-18-33(19-5-1)42-32-45(54-52(53-42)34-20-6-2-7-21-34)56-44-31-17-15-29-41(44)49-47-37-25-11-10-24-36(37)46-40-28-14-16-30-43(40)55(35-22-8-3-9-23-35)51(46)48(47)38-26-12-13-27-39(38)50(49)56/h1-32,52,54H. The zero-order valence-corrected chi connectivity index (χ0v) is 30.4. The number of aromatic nitrogens is 2.